The van der Waals surface area contributed by atoms with Crippen molar-refractivity contribution in [3.8, 4) is 0 Å². The highest BCUT2D eigenvalue weighted by molar-refractivity contribution is 6.01. The molecule has 4 heteroatoms. The van der Waals surface area contributed by atoms with Crippen molar-refractivity contribution < 1.29 is 4.74 Å². The molecule has 0 aromatic heterocycles. The van der Waals surface area contributed by atoms with Crippen LogP contribution in [0.25, 0.3) is 0 Å². The Morgan fingerprint density at radius 2 is 2.20 bits per heavy atom. The highest BCUT2D eigenvalue weighted by Gasteiger charge is 2.28. The van der Waals surface area contributed by atoms with E-state index in [0.29, 0.717) is 6.61 Å². The third-order valence-electron chi connectivity index (χ3n) is 2.63. The van der Waals surface area contributed by atoms with Gasteiger partial charge in [0, 0.05) is 31.3 Å². The topological polar surface area (TPSA) is 73.6 Å². The fourth-order valence-electron chi connectivity index (χ4n) is 1.89. The molecule has 0 bridgehead atoms. The maximum absolute atomic E-state index is 6.01. The average molecular weight is 211 g/mol. The first-order chi connectivity index (χ1) is 7.22. The van der Waals surface area contributed by atoms with Crippen LogP contribution >= 0.6 is 0 Å². The molecule has 4 nitrogen and oxygen atoms in total. The lowest BCUT2D eigenvalue weighted by Crippen LogP contribution is -2.43. The summed E-state index contributed by atoms with van der Waals surface area (Å²) in [6, 6.07) is 0.0376. The van der Waals surface area contributed by atoms with Crippen molar-refractivity contribution in [3.63, 3.8) is 0 Å². The van der Waals surface area contributed by atoms with E-state index in [0.717, 1.165) is 30.7 Å². The molecule has 2 unspecified atom stereocenters. The summed E-state index contributed by atoms with van der Waals surface area (Å²) in [5, 5.41) is 0. The Morgan fingerprint density at radius 1 is 1.47 bits per heavy atom. The molecular formula is C11H21N3O. The standard InChI is InChI=1S/C11H21N3O/c1-3-14-10-6-11(15-4-2)9(13)5-8(10)7-12/h7,9,11H,3-6,12-13H2,1-2H3. The molecule has 0 aromatic carbocycles. The van der Waals surface area contributed by atoms with E-state index in [2.05, 4.69) is 4.99 Å². The van der Waals surface area contributed by atoms with Crippen molar-refractivity contribution in [1.29, 1.82) is 0 Å². The van der Waals surface area contributed by atoms with E-state index < -0.39 is 0 Å². The van der Waals surface area contributed by atoms with E-state index in [-0.39, 0.29) is 12.1 Å². The predicted octanol–water partition coefficient (Wildman–Crippen LogP) is 0.816. The minimum Gasteiger partial charge on any atom is -0.404 e. The van der Waals surface area contributed by atoms with Crippen molar-refractivity contribution in [2.24, 2.45) is 16.5 Å². The molecule has 1 rings (SSSR count). The second kappa shape index (κ2) is 5.88. The monoisotopic (exact) mass is 211 g/mol. The van der Waals surface area contributed by atoms with E-state index in [1.54, 1.807) is 6.20 Å². The minimum absolute atomic E-state index is 0.0376. The van der Waals surface area contributed by atoms with Crippen LogP contribution in [0.3, 0.4) is 0 Å². The lowest BCUT2D eigenvalue weighted by Gasteiger charge is -2.31. The van der Waals surface area contributed by atoms with Gasteiger partial charge in [0.25, 0.3) is 0 Å². The van der Waals surface area contributed by atoms with Gasteiger partial charge in [-0.15, -0.1) is 0 Å². The molecule has 0 aliphatic heterocycles. The van der Waals surface area contributed by atoms with Gasteiger partial charge in [0.1, 0.15) is 0 Å². The Bertz CT molecular complexity index is 261. The number of aliphatic imine (C=N–C) groups is 1. The molecule has 0 amide bonds. The van der Waals surface area contributed by atoms with Crippen molar-refractivity contribution in [2.75, 3.05) is 13.2 Å². The number of hydrogen-bond acceptors (Lipinski definition) is 4. The number of nitrogens with two attached hydrogens (primary N) is 2. The molecule has 2 atom stereocenters. The molecular weight excluding hydrogens is 190 g/mol. The number of nitrogens with zero attached hydrogens (tertiary/aromatic N) is 1. The fourth-order valence-corrected chi connectivity index (χ4v) is 1.89. The highest BCUT2D eigenvalue weighted by atomic mass is 16.5. The normalized spacial score (nSPS) is 32.5. The van der Waals surface area contributed by atoms with Crippen LogP contribution < -0.4 is 11.5 Å². The molecule has 15 heavy (non-hydrogen) atoms. The SMILES string of the molecule is CCN=C1CC(OCC)C(N)CC1=CN. The molecule has 0 aromatic rings. The second-order valence-corrected chi connectivity index (χ2v) is 3.68. The van der Waals surface area contributed by atoms with Gasteiger partial charge >= 0.3 is 0 Å². The molecule has 86 valence electrons. The van der Waals surface area contributed by atoms with E-state index in [1.165, 1.54) is 0 Å². The lowest BCUT2D eigenvalue weighted by atomic mass is 9.87. The minimum atomic E-state index is 0.0376. The Balaban J connectivity index is 2.75. The zero-order valence-electron chi connectivity index (χ0n) is 9.57. The fraction of sp³-hybridized carbons (Fsp3) is 0.727. The molecule has 0 spiro atoms. The maximum atomic E-state index is 6.01. The van der Waals surface area contributed by atoms with Crippen molar-refractivity contribution >= 4 is 5.71 Å². The van der Waals surface area contributed by atoms with Gasteiger partial charge in [-0.05, 0) is 32.0 Å². The van der Waals surface area contributed by atoms with Crippen LogP contribution in [0.5, 0.6) is 0 Å². The van der Waals surface area contributed by atoms with Crippen molar-refractivity contribution in [1.82, 2.24) is 0 Å². The van der Waals surface area contributed by atoms with Crippen LogP contribution in [0, 0.1) is 0 Å². The van der Waals surface area contributed by atoms with E-state index >= 15 is 0 Å². The first-order valence-corrected chi connectivity index (χ1v) is 5.54. The maximum Gasteiger partial charge on any atom is 0.0784 e. The van der Waals surface area contributed by atoms with E-state index in [4.69, 9.17) is 16.2 Å². The summed E-state index contributed by atoms with van der Waals surface area (Å²) in [4.78, 5) is 4.44. The third-order valence-corrected chi connectivity index (χ3v) is 2.63. The molecule has 1 saturated carbocycles. The molecule has 0 radical (unpaired) electrons. The first-order valence-electron chi connectivity index (χ1n) is 5.54. The summed E-state index contributed by atoms with van der Waals surface area (Å²) < 4.78 is 5.59. The summed E-state index contributed by atoms with van der Waals surface area (Å²) in [7, 11) is 0. The molecule has 1 aliphatic rings. The summed E-state index contributed by atoms with van der Waals surface area (Å²) in [5.74, 6) is 0. The Labute approximate surface area is 91.4 Å². The van der Waals surface area contributed by atoms with Crippen LogP contribution in [-0.4, -0.2) is 31.0 Å². The van der Waals surface area contributed by atoms with Gasteiger partial charge in [-0.3, -0.25) is 4.99 Å². The van der Waals surface area contributed by atoms with Crippen LogP contribution in [0.1, 0.15) is 26.7 Å². The van der Waals surface area contributed by atoms with Gasteiger partial charge in [-0.25, -0.2) is 0 Å². The molecule has 0 saturated heterocycles. The third kappa shape index (κ3) is 3.04. The molecule has 1 aliphatic carbocycles. The predicted molar refractivity (Wildman–Crippen MR) is 62.9 cm³/mol. The summed E-state index contributed by atoms with van der Waals surface area (Å²) >= 11 is 0. The molecule has 1 fully saturated rings. The van der Waals surface area contributed by atoms with Gasteiger partial charge in [0.2, 0.25) is 0 Å². The van der Waals surface area contributed by atoms with Crippen LogP contribution in [0.4, 0.5) is 0 Å². The Hall–Kier alpha value is -0.870. The van der Waals surface area contributed by atoms with Crippen LogP contribution in [0.2, 0.25) is 0 Å². The van der Waals surface area contributed by atoms with Gasteiger partial charge in [-0.2, -0.15) is 0 Å². The van der Waals surface area contributed by atoms with Gasteiger partial charge in [-0.1, -0.05) is 0 Å². The van der Waals surface area contributed by atoms with Crippen LogP contribution in [-0.2, 0) is 4.74 Å². The largest absolute Gasteiger partial charge is 0.404 e. The van der Waals surface area contributed by atoms with Crippen molar-refractivity contribution in [3.05, 3.63) is 11.8 Å². The average Bonchev–Trinajstić information content (AvgIpc) is 2.23. The quantitative estimate of drug-likeness (QED) is 0.725. The highest BCUT2D eigenvalue weighted by Crippen LogP contribution is 2.22. The van der Waals surface area contributed by atoms with Gasteiger partial charge in [0.15, 0.2) is 0 Å². The Kier molecular flexibility index (Phi) is 4.78. The lowest BCUT2D eigenvalue weighted by molar-refractivity contribution is 0.0465. The van der Waals surface area contributed by atoms with Crippen molar-refractivity contribution in [2.45, 2.75) is 38.8 Å². The number of rotatable bonds is 3. The number of hydrogen-bond donors (Lipinski definition) is 2. The van der Waals surface area contributed by atoms with Crippen LogP contribution in [0.15, 0.2) is 16.8 Å². The molecule has 4 N–H and O–H groups in total. The zero-order valence-corrected chi connectivity index (χ0v) is 9.57. The second-order valence-electron chi connectivity index (χ2n) is 3.68. The summed E-state index contributed by atoms with van der Waals surface area (Å²) in [5.41, 5.74) is 13.7. The van der Waals surface area contributed by atoms with Gasteiger partial charge in [0.05, 0.1) is 6.10 Å². The van der Waals surface area contributed by atoms with E-state index in [9.17, 15) is 0 Å². The summed E-state index contributed by atoms with van der Waals surface area (Å²) in [6.07, 6.45) is 3.26. The van der Waals surface area contributed by atoms with E-state index in [1.807, 2.05) is 13.8 Å². The number of ether oxygens (including phenoxy) is 1. The smallest absolute Gasteiger partial charge is 0.0784 e. The first kappa shape index (κ1) is 12.2. The summed E-state index contributed by atoms with van der Waals surface area (Å²) in [6.45, 7) is 5.48. The molecule has 0 heterocycles. The zero-order chi connectivity index (χ0) is 11.3. The van der Waals surface area contributed by atoms with Gasteiger partial charge < -0.3 is 16.2 Å². The Morgan fingerprint density at radius 3 is 2.73 bits per heavy atom.